The Morgan fingerprint density at radius 3 is 2.47 bits per heavy atom. The Bertz CT molecular complexity index is 1170. The number of hydrogen-bond donors (Lipinski definition) is 1. The largest absolute Gasteiger partial charge is 0.457 e. The Kier molecular flexibility index (Phi) is 6.87. The normalized spacial score (nSPS) is 19.9. The molecule has 7 nitrogen and oxygen atoms in total. The van der Waals surface area contributed by atoms with E-state index in [9.17, 15) is 0 Å². The fraction of sp³-hybridized carbons (Fsp3) is 0.231. The number of hydrogen-bond acceptors (Lipinski definition) is 6. The summed E-state index contributed by atoms with van der Waals surface area (Å²) in [6.45, 7) is 1.27. The Labute approximate surface area is 202 Å². The van der Waals surface area contributed by atoms with E-state index in [-0.39, 0.29) is 6.10 Å². The van der Waals surface area contributed by atoms with E-state index in [0.717, 1.165) is 22.6 Å². The molecule has 1 saturated heterocycles. The lowest BCUT2D eigenvalue weighted by molar-refractivity contribution is -0.182. The first kappa shape index (κ1) is 22.6. The molecule has 0 radical (unpaired) electrons. The monoisotopic (exact) mass is 477 g/mol. The van der Waals surface area contributed by atoms with Crippen LogP contribution in [0.5, 0.6) is 11.5 Å². The molecule has 2 atom stereocenters. The van der Waals surface area contributed by atoms with Crippen LogP contribution in [-0.2, 0) is 33.0 Å². The van der Waals surface area contributed by atoms with Gasteiger partial charge in [0.25, 0.3) is 0 Å². The molecule has 0 spiro atoms. The lowest BCUT2D eigenvalue weighted by Crippen LogP contribution is -2.32. The van der Waals surface area contributed by atoms with E-state index >= 15 is 0 Å². The summed E-state index contributed by atoms with van der Waals surface area (Å²) >= 11 is 5.95. The maximum absolute atomic E-state index is 6.43. The van der Waals surface area contributed by atoms with Gasteiger partial charge in [-0.15, -0.1) is 0 Å². The van der Waals surface area contributed by atoms with E-state index in [1.165, 1.54) is 6.33 Å². The number of nitrogens with one attached hydrogen (secondary N) is 1. The van der Waals surface area contributed by atoms with Gasteiger partial charge in [-0.25, -0.2) is 4.98 Å². The third kappa shape index (κ3) is 5.46. The molecule has 174 valence electrons. The molecule has 2 heterocycles. The molecule has 0 bridgehead atoms. The highest BCUT2D eigenvalue weighted by Crippen LogP contribution is 2.38. The fourth-order valence-corrected chi connectivity index (χ4v) is 3.95. The highest BCUT2D eigenvalue weighted by molar-refractivity contribution is 6.30. The molecule has 1 N–H and O–H groups in total. The third-order valence-electron chi connectivity index (χ3n) is 5.48. The van der Waals surface area contributed by atoms with Crippen LogP contribution in [0.25, 0.3) is 0 Å². The second-order valence-corrected chi connectivity index (χ2v) is 8.43. The molecule has 1 aromatic heterocycles. The first-order valence-corrected chi connectivity index (χ1v) is 11.4. The van der Waals surface area contributed by atoms with Crippen molar-refractivity contribution in [2.75, 3.05) is 13.2 Å². The molecule has 34 heavy (non-hydrogen) atoms. The van der Waals surface area contributed by atoms with Crippen molar-refractivity contribution < 1.29 is 18.9 Å². The molecule has 4 aromatic rings. The lowest BCUT2D eigenvalue weighted by atomic mass is 10.0. The highest BCUT2D eigenvalue weighted by atomic mass is 35.5. The Morgan fingerprint density at radius 1 is 0.971 bits per heavy atom. The van der Waals surface area contributed by atoms with Crippen LogP contribution < -0.4 is 4.74 Å². The van der Waals surface area contributed by atoms with Gasteiger partial charge in [-0.3, -0.25) is 5.10 Å². The fourth-order valence-electron chi connectivity index (χ4n) is 3.82. The number of benzene rings is 3. The predicted octanol–water partition coefficient (Wildman–Crippen LogP) is 5.28. The van der Waals surface area contributed by atoms with E-state index < -0.39 is 5.79 Å². The number of ether oxygens (including phenoxy) is 4. The topological polar surface area (TPSA) is 78.5 Å². The Morgan fingerprint density at radius 2 is 1.74 bits per heavy atom. The van der Waals surface area contributed by atoms with Gasteiger partial charge in [0, 0.05) is 10.6 Å². The van der Waals surface area contributed by atoms with Crippen LogP contribution in [0, 0.1) is 0 Å². The number of aromatic amines is 1. The minimum atomic E-state index is -1.00. The van der Waals surface area contributed by atoms with Crippen molar-refractivity contribution >= 4 is 11.6 Å². The average molecular weight is 478 g/mol. The molecule has 0 saturated carbocycles. The second-order valence-electron chi connectivity index (χ2n) is 7.99. The van der Waals surface area contributed by atoms with E-state index in [2.05, 4.69) is 15.2 Å². The Hall–Kier alpha value is -3.23. The average Bonchev–Trinajstić information content (AvgIpc) is 3.52. The van der Waals surface area contributed by atoms with Crippen molar-refractivity contribution in [3.8, 4) is 11.5 Å². The van der Waals surface area contributed by atoms with E-state index in [4.69, 9.17) is 30.5 Å². The minimum Gasteiger partial charge on any atom is -0.457 e. The van der Waals surface area contributed by atoms with Crippen molar-refractivity contribution in [1.82, 2.24) is 15.2 Å². The maximum Gasteiger partial charge on any atom is 0.202 e. The first-order valence-electron chi connectivity index (χ1n) is 11.0. The van der Waals surface area contributed by atoms with Crippen LogP contribution in [0.3, 0.4) is 0 Å². The van der Waals surface area contributed by atoms with Crippen LogP contribution in [0.1, 0.15) is 17.0 Å². The number of para-hydroxylation sites is 1. The molecule has 8 heteroatoms. The third-order valence-corrected chi connectivity index (χ3v) is 5.74. The summed E-state index contributed by atoms with van der Waals surface area (Å²) in [6.07, 6.45) is 1.64. The molecular weight excluding hydrogens is 454 g/mol. The highest BCUT2D eigenvalue weighted by Gasteiger charge is 2.44. The van der Waals surface area contributed by atoms with Crippen LogP contribution in [-0.4, -0.2) is 34.5 Å². The van der Waals surface area contributed by atoms with E-state index in [0.29, 0.717) is 37.1 Å². The molecule has 0 amide bonds. The zero-order chi connectivity index (χ0) is 23.2. The van der Waals surface area contributed by atoms with E-state index in [1.807, 2.05) is 78.9 Å². The molecule has 3 aromatic carbocycles. The van der Waals surface area contributed by atoms with Crippen molar-refractivity contribution in [3.63, 3.8) is 0 Å². The van der Waals surface area contributed by atoms with Gasteiger partial charge in [0.2, 0.25) is 5.79 Å². The number of nitrogens with zero attached hydrogens (tertiary/aromatic N) is 2. The molecular formula is C26H24ClN3O4. The number of aromatic nitrogens is 3. The van der Waals surface area contributed by atoms with Crippen molar-refractivity contribution in [3.05, 3.63) is 107 Å². The maximum atomic E-state index is 6.43. The Balaban J connectivity index is 1.27. The number of rotatable bonds is 9. The summed E-state index contributed by atoms with van der Waals surface area (Å²) in [5, 5.41) is 7.56. The summed E-state index contributed by atoms with van der Waals surface area (Å²) in [4.78, 5) is 4.26. The van der Waals surface area contributed by atoms with Gasteiger partial charge in [-0.1, -0.05) is 41.9 Å². The van der Waals surface area contributed by atoms with Crippen molar-refractivity contribution in [2.24, 2.45) is 0 Å². The van der Waals surface area contributed by atoms with Crippen molar-refractivity contribution in [2.45, 2.75) is 24.9 Å². The quantitative estimate of drug-likeness (QED) is 0.353. The summed E-state index contributed by atoms with van der Waals surface area (Å²) < 4.78 is 24.5. The van der Waals surface area contributed by atoms with Gasteiger partial charge in [-0.2, -0.15) is 5.10 Å². The molecule has 0 aliphatic carbocycles. The van der Waals surface area contributed by atoms with Gasteiger partial charge >= 0.3 is 0 Å². The lowest BCUT2D eigenvalue weighted by Gasteiger charge is -2.28. The smallest absolute Gasteiger partial charge is 0.202 e. The summed E-state index contributed by atoms with van der Waals surface area (Å²) in [5.41, 5.74) is 1.91. The number of halogens is 1. The molecule has 1 fully saturated rings. The molecule has 2 unspecified atom stereocenters. The SMILES string of the molecule is Clc1ccc(COCC2COC(Cc3ncn[nH]3)(c3ccc(Oc4ccccc4)cc3)O2)cc1. The van der Waals surface area contributed by atoms with Gasteiger partial charge in [0.15, 0.2) is 0 Å². The first-order chi connectivity index (χ1) is 16.7. The van der Waals surface area contributed by atoms with Gasteiger partial charge in [-0.05, 0) is 54.1 Å². The van der Waals surface area contributed by atoms with Gasteiger partial charge in [0.05, 0.1) is 26.2 Å². The van der Waals surface area contributed by atoms with Gasteiger partial charge < -0.3 is 18.9 Å². The molecule has 1 aliphatic heterocycles. The summed E-state index contributed by atoms with van der Waals surface area (Å²) in [7, 11) is 0. The summed E-state index contributed by atoms with van der Waals surface area (Å²) in [6, 6.07) is 25.0. The molecule has 1 aliphatic rings. The minimum absolute atomic E-state index is 0.226. The zero-order valence-corrected chi connectivity index (χ0v) is 19.1. The molecule has 5 rings (SSSR count). The van der Waals surface area contributed by atoms with E-state index in [1.54, 1.807) is 0 Å². The zero-order valence-electron chi connectivity index (χ0n) is 18.4. The van der Waals surface area contributed by atoms with Crippen LogP contribution in [0.15, 0.2) is 85.2 Å². The van der Waals surface area contributed by atoms with Crippen LogP contribution in [0.4, 0.5) is 0 Å². The van der Waals surface area contributed by atoms with Crippen LogP contribution >= 0.6 is 11.6 Å². The summed E-state index contributed by atoms with van der Waals surface area (Å²) in [5.74, 6) is 1.18. The van der Waals surface area contributed by atoms with Crippen molar-refractivity contribution in [1.29, 1.82) is 0 Å². The van der Waals surface area contributed by atoms with Crippen LogP contribution in [0.2, 0.25) is 5.02 Å². The predicted molar refractivity (Wildman–Crippen MR) is 127 cm³/mol. The second kappa shape index (κ2) is 10.4. The van der Waals surface area contributed by atoms with Gasteiger partial charge in [0.1, 0.15) is 29.8 Å². The standard InChI is InChI=1S/C26H24ClN3O4/c27-21-10-6-19(7-11-21)15-31-16-24-17-32-26(34-24,14-25-28-18-29-30-25)20-8-12-23(13-9-20)33-22-4-2-1-3-5-22/h1-13,18,24H,14-17H2,(H,28,29,30). The number of H-pyrrole nitrogens is 1.